The molecule has 1 heterocycles. The Morgan fingerprint density at radius 1 is 1.08 bits per heavy atom. The highest BCUT2D eigenvalue weighted by molar-refractivity contribution is 9.10. The number of nitrogens with zero attached hydrogens (tertiary/aromatic N) is 2. The molecule has 0 aliphatic rings. The number of anilines is 1. The lowest BCUT2D eigenvalue weighted by Gasteiger charge is -2.18. The van der Waals surface area contributed by atoms with E-state index in [1.54, 1.807) is 0 Å². The lowest BCUT2D eigenvalue weighted by Crippen LogP contribution is -2.17. The van der Waals surface area contributed by atoms with E-state index in [-0.39, 0.29) is 17.1 Å². The van der Waals surface area contributed by atoms with Crippen molar-refractivity contribution in [3.8, 4) is 0 Å². The molecule has 0 fully saturated rings. The van der Waals surface area contributed by atoms with Crippen molar-refractivity contribution in [1.82, 2.24) is 9.97 Å². The van der Waals surface area contributed by atoms with Gasteiger partial charge in [-0.25, -0.2) is 9.97 Å². The average molecular weight is 430 g/mol. The molecule has 26 heavy (non-hydrogen) atoms. The number of fused-ring (bicyclic) bond motifs is 1. The van der Waals surface area contributed by atoms with Crippen LogP contribution in [0.4, 0.5) is 5.69 Å². The van der Waals surface area contributed by atoms with E-state index in [0.717, 1.165) is 31.9 Å². The second kappa shape index (κ2) is 7.76. The molecule has 0 atom stereocenters. The summed E-state index contributed by atoms with van der Waals surface area (Å²) in [5.41, 5.74) is 1.51. The van der Waals surface area contributed by atoms with E-state index >= 15 is 0 Å². The van der Waals surface area contributed by atoms with E-state index < -0.39 is 0 Å². The second-order valence-electron chi connectivity index (χ2n) is 6.94. The van der Waals surface area contributed by atoms with Gasteiger partial charge in [0, 0.05) is 15.3 Å². The van der Waals surface area contributed by atoms with Gasteiger partial charge in [-0.05, 0) is 34.1 Å². The summed E-state index contributed by atoms with van der Waals surface area (Å²) in [6.45, 7) is 6.27. The van der Waals surface area contributed by atoms with Gasteiger partial charge in [0.15, 0.2) is 0 Å². The number of amides is 1. The van der Waals surface area contributed by atoms with Crippen LogP contribution in [-0.4, -0.2) is 21.6 Å². The molecule has 3 rings (SSSR count). The molecule has 1 N–H and O–H groups in total. The lowest BCUT2D eigenvalue weighted by atomic mass is 9.95. The van der Waals surface area contributed by atoms with Crippen LogP contribution in [0.15, 0.2) is 58.0 Å². The smallest absolute Gasteiger partial charge is 0.234 e. The molecule has 0 unspecified atom stereocenters. The van der Waals surface area contributed by atoms with Gasteiger partial charge in [-0.3, -0.25) is 4.79 Å². The van der Waals surface area contributed by atoms with Crippen LogP contribution in [0.25, 0.3) is 10.9 Å². The number of carbonyl (C=O) groups excluding carboxylic acids is 1. The number of benzene rings is 2. The largest absolute Gasteiger partial charge is 0.324 e. The highest BCUT2D eigenvalue weighted by Crippen LogP contribution is 2.29. The Morgan fingerprint density at radius 2 is 1.77 bits per heavy atom. The number of rotatable bonds is 4. The molecule has 0 aliphatic heterocycles. The molecule has 0 radical (unpaired) electrons. The van der Waals surface area contributed by atoms with Crippen LogP contribution in [0.2, 0.25) is 0 Å². The summed E-state index contributed by atoms with van der Waals surface area (Å²) in [6, 6.07) is 15.5. The summed E-state index contributed by atoms with van der Waals surface area (Å²) in [6.07, 6.45) is 0. The van der Waals surface area contributed by atoms with Gasteiger partial charge in [-0.15, -0.1) is 0 Å². The Morgan fingerprint density at radius 3 is 2.50 bits per heavy atom. The third kappa shape index (κ3) is 4.43. The average Bonchev–Trinajstić information content (AvgIpc) is 2.60. The normalized spacial score (nSPS) is 11.5. The quantitative estimate of drug-likeness (QED) is 0.444. The molecule has 3 aromatic rings. The SMILES string of the molecule is CC(C)(C)c1nc(SCC(=O)Nc2ccccc2Br)c2ccccc2n1. The number of aromatic nitrogens is 2. The minimum atomic E-state index is -0.156. The van der Waals surface area contributed by atoms with Crippen molar-refractivity contribution in [2.75, 3.05) is 11.1 Å². The van der Waals surface area contributed by atoms with Crippen molar-refractivity contribution in [2.45, 2.75) is 31.2 Å². The zero-order valence-electron chi connectivity index (χ0n) is 14.9. The van der Waals surface area contributed by atoms with Crippen molar-refractivity contribution < 1.29 is 4.79 Å². The van der Waals surface area contributed by atoms with Crippen molar-refractivity contribution in [3.63, 3.8) is 0 Å². The van der Waals surface area contributed by atoms with E-state index in [1.165, 1.54) is 11.8 Å². The van der Waals surface area contributed by atoms with Crippen LogP contribution in [0.5, 0.6) is 0 Å². The summed E-state index contributed by atoms with van der Waals surface area (Å²) in [5.74, 6) is 0.998. The summed E-state index contributed by atoms with van der Waals surface area (Å²) < 4.78 is 0.862. The fourth-order valence-electron chi connectivity index (χ4n) is 2.38. The van der Waals surface area contributed by atoms with Gasteiger partial charge in [-0.1, -0.05) is 62.9 Å². The molecule has 0 aliphatic carbocycles. The third-order valence-electron chi connectivity index (χ3n) is 3.73. The van der Waals surface area contributed by atoms with Gasteiger partial charge < -0.3 is 5.32 Å². The molecular formula is C20H20BrN3OS. The van der Waals surface area contributed by atoms with E-state index in [4.69, 9.17) is 4.98 Å². The van der Waals surface area contributed by atoms with Gasteiger partial charge in [-0.2, -0.15) is 0 Å². The maximum Gasteiger partial charge on any atom is 0.234 e. The zero-order valence-corrected chi connectivity index (χ0v) is 17.3. The van der Waals surface area contributed by atoms with Gasteiger partial charge >= 0.3 is 0 Å². The van der Waals surface area contributed by atoms with Crippen LogP contribution in [0, 0.1) is 0 Å². The summed E-state index contributed by atoms with van der Waals surface area (Å²) in [5, 5.41) is 4.73. The Hall–Kier alpha value is -1.92. The van der Waals surface area contributed by atoms with Crippen molar-refractivity contribution in [1.29, 1.82) is 0 Å². The molecule has 0 bridgehead atoms. The van der Waals surface area contributed by atoms with Crippen LogP contribution < -0.4 is 5.32 Å². The summed E-state index contributed by atoms with van der Waals surface area (Å²) in [4.78, 5) is 21.8. The second-order valence-corrected chi connectivity index (χ2v) is 8.75. The maximum atomic E-state index is 12.4. The molecule has 2 aromatic carbocycles. The van der Waals surface area contributed by atoms with Crippen molar-refractivity contribution >= 4 is 50.2 Å². The predicted molar refractivity (Wildman–Crippen MR) is 112 cm³/mol. The lowest BCUT2D eigenvalue weighted by molar-refractivity contribution is -0.113. The number of carbonyl (C=O) groups is 1. The van der Waals surface area contributed by atoms with E-state index in [9.17, 15) is 4.79 Å². The van der Waals surface area contributed by atoms with E-state index in [0.29, 0.717) is 0 Å². The highest BCUT2D eigenvalue weighted by Gasteiger charge is 2.20. The van der Waals surface area contributed by atoms with Crippen LogP contribution in [0.1, 0.15) is 26.6 Å². The molecule has 1 aromatic heterocycles. The standard InChI is InChI=1S/C20H20BrN3OS/c1-20(2,3)19-23-15-10-6-4-8-13(15)18(24-19)26-12-17(25)22-16-11-7-5-9-14(16)21/h4-11H,12H2,1-3H3,(H,22,25). The fraction of sp³-hybridized carbons (Fsp3) is 0.250. The number of nitrogens with one attached hydrogen (secondary N) is 1. The Balaban J connectivity index is 1.82. The number of hydrogen-bond acceptors (Lipinski definition) is 4. The number of thioether (sulfide) groups is 1. The first-order chi connectivity index (χ1) is 12.3. The van der Waals surface area contributed by atoms with Crippen molar-refractivity contribution in [3.05, 3.63) is 58.8 Å². The molecule has 0 saturated carbocycles. The molecule has 1 amide bonds. The molecular weight excluding hydrogens is 410 g/mol. The maximum absolute atomic E-state index is 12.4. The number of halogens is 1. The Bertz CT molecular complexity index is 953. The first kappa shape index (κ1) is 18.9. The van der Waals surface area contributed by atoms with Crippen LogP contribution in [-0.2, 0) is 10.2 Å². The van der Waals surface area contributed by atoms with E-state index in [2.05, 4.69) is 47.0 Å². The van der Waals surface area contributed by atoms with Crippen LogP contribution in [0.3, 0.4) is 0 Å². The molecule has 134 valence electrons. The highest BCUT2D eigenvalue weighted by atomic mass is 79.9. The first-order valence-corrected chi connectivity index (χ1v) is 10.1. The topological polar surface area (TPSA) is 54.9 Å². The third-order valence-corrected chi connectivity index (χ3v) is 5.41. The monoisotopic (exact) mass is 429 g/mol. The summed E-state index contributed by atoms with van der Waals surface area (Å²) in [7, 11) is 0. The molecule has 0 spiro atoms. The van der Waals surface area contributed by atoms with Gasteiger partial charge in [0.2, 0.25) is 5.91 Å². The van der Waals surface area contributed by atoms with E-state index in [1.807, 2.05) is 48.5 Å². The predicted octanol–water partition coefficient (Wildman–Crippen LogP) is 5.42. The van der Waals surface area contributed by atoms with Gasteiger partial charge in [0.05, 0.1) is 17.0 Å². The zero-order chi connectivity index (χ0) is 18.7. The first-order valence-electron chi connectivity index (χ1n) is 8.29. The van der Waals surface area contributed by atoms with Gasteiger partial charge in [0.25, 0.3) is 0 Å². The Labute approximate surface area is 166 Å². The number of hydrogen-bond donors (Lipinski definition) is 1. The van der Waals surface area contributed by atoms with Crippen molar-refractivity contribution in [2.24, 2.45) is 0 Å². The van der Waals surface area contributed by atoms with Gasteiger partial charge in [0.1, 0.15) is 10.9 Å². The summed E-state index contributed by atoms with van der Waals surface area (Å²) >= 11 is 4.88. The fourth-order valence-corrected chi connectivity index (χ4v) is 3.58. The molecule has 0 saturated heterocycles. The minimum absolute atomic E-state index is 0.0677. The van der Waals surface area contributed by atoms with Crippen LogP contribution >= 0.6 is 27.7 Å². The molecule has 6 heteroatoms. The number of para-hydroxylation sites is 2. The minimum Gasteiger partial charge on any atom is -0.324 e. The molecule has 4 nitrogen and oxygen atoms in total. The Kier molecular flexibility index (Phi) is 5.63.